The summed E-state index contributed by atoms with van der Waals surface area (Å²) in [4.78, 5) is 18.4. The number of methoxy groups -OCH3 is 1. The van der Waals surface area contributed by atoms with Crippen LogP contribution in [0, 0.1) is 17.6 Å². The topological polar surface area (TPSA) is 65.4 Å². The van der Waals surface area contributed by atoms with Crippen molar-refractivity contribution in [2.75, 3.05) is 13.7 Å². The highest BCUT2D eigenvalue weighted by molar-refractivity contribution is 5.87. The van der Waals surface area contributed by atoms with Crippen molar-refractivity contribution in [1.29, 1.82) is 0 Å². The molecule has 0 spiro atoms. The summed E-state index contributed by atoms with van der Waals surface area (Å²) < 4.78 is 41.8. The van der Waals surface area contributed by atoms with Crippen LogP contribution in [-0.2, 0) is 16.1 Å². The highest BCUT2D eigenvalue weighted by Crippen LogP contribution is 2.31. The molecule has 1 N–H and O–H groups in total. The number of amides is 1. The summed E-state index contributed by atoms with van der Waals surface area (Å²) in [6.07, 6.45) is 10.0. The second-order valence-corrected chi connectivity index (χ2v) is 10.3. The number of hydrogen-bond donors (Lipinski definition) is 1. The van der Waals surface area contributed by atoms with Crippen molar-refractivity contribution < 1.29 is 23.0 Å². The van der Waals surface area contributed by atoms with Gasteiger partial charge in [-0.1, -0.05) is 44.2 Å². The maximum Gasteiger partial charge on any atom is 0.247 e. The maximum absolute atomic E-state index is 14.5. The number of hydrogen-bond acceptors (Lipinski definition) is 4. The van der Waals surface area contributed by atoms with Crippen LogP contribution in [0.15, 0.2) is 36.4 Å². The van der Waals surface area contributed by atoms with Crippen LogP contribution < -0.4 is 10.1 Å². The summed E-state index contributed by atoms with van der Waals surface area (Å²) in [6.45, 7) is 0.755. The molecule has 2 saturated carbocycles. The molecule has 1 atom stereocenters. The van der Waals surface area contributed by atoms with E-state index in [9.17, 15) is 13.6 Å². The van der Waals surface area contributed by atoms with Crippen LogP contribution in [0.3, 0.4) is 0 Å². The Hall–Kier alpha value is -3.00. The summed E-state index contributed by atoms with van der Waals surface area (Å²) in [5.41, 5.74) is 1.36. The van der Waals surface area contributed by atoms with Crippen molar-refractivity contribution in [2.45, 2.75) is 76.5 Å². The van der Waals surface area contributed by atoms with Crippen molar-refractivity contribution in [1.82, 2.24) is 14.9 Å². The molecule has 2 aliphatic carbocycles. The van der Waals surface area contributed by atoms with Gasteiger partial charge in [-0.15, -0.1) is 0 Å². The van der Waals surface area contributed by atoms with Gasteiger partial charge in [0, 0.05) is 24.8 Å². The molecule has 5 rings (SSSR count). The summed E-state index contributed by atoms with van der Waals surface area (Å²) in [5, 5.41) is 3.19. The molecule has 198 valence electrons. The van der Waals surface area contributed by atoms with E-state index < -0.39 is 17.7 Å². The lowest BCUT2D eigenvalue weighted by Crippen LogP contribution is -2.39. The summed E-state index contributed by atoms with van der Waals surface area (Å²) in [6, 6.07) is 8.74. The number of halogens is 2. The Labute approximate surface area is 216 Å². The van der Waals surface area contributed by atoms with E-state index in [4.69, 9.17) is 9.47 Å². The molecule has 6 nitrogen and oxygen atoms in total. The zero-order chi connectivity index (χ0) is 25.8. The Balaban J connectivity index is 1.53. The highest BCUT2D eigenvalue weighted by Gasteiger charge is 2.30. The van der Waals surface area contributed by atoms with Gasteiger partial charge in [-0.25, -0.2) is 13.8 Å². The minimum absolute atomic E-state index is 0.100. The number of rotatable bonds is 9. The Bertz CT molecular complexity index is 1220. The quantitative estimate of drug-likeness (QED) is 0.379. The second kappa shape index (κ2) is 11.6. The fourth-order valence-electron chi connectivity index (χ4n) is 5.76. The minimum atomic E-state index is -0.979. The van der Waals surface area contributed by atoms with Gasteiger partial charge in [-0.3, -0.25) is 4.79 Å². The van der Waals surface area contributed by atoms with Gasteiger partial charge in [0.2, 0.25) is 5.91 Å². The van der Waals surface area contributed by atoms with Crippen LogP contribution in [0.1, 0.15) is 75.2 Å². The van der Waals surface area contributed by atoms with Gasteiger partial charge in [-0.05, 0) is 49.3 Å². The van der Waals surface area contributed by atoms with Gasteiger partial charge in [0.1, 0.15) is 24.2 Å². The average Bonchev–Trinajstić information content (AvgIpc) is 3.54. The smallest absolute Gasteiger partial charge is 0.247 e. The molecule has 1 unspecified atom stereocenters. The van der Waals surface area contributed by atoms with Crippen LogP contribution in [0.25, 0.3) is 11.0 Å². The molecule has 8 heteroatoms. The number of benzene rings is 2. The third kappa shape index (κ3) is 5.79. The molecule has 2 aromatic carbocycles. The van der Waals surface area contributed by atoms with Gasteiger partial charge in [0.15, 0.2) is 11.6 Å². The molecular formula is C29H35F2N3O3. The predicted octanol–water partition coefficient (Wildman–Crippen LogP) is 6.07. The lowest BCUT2D eigenvalue weighted by molar-refractivity contribution is -0.123. The number of imidazole rings is 1. The first-order chi connectivity index (χ1) is 18.0. The van der Waals surface area contributed by atoms with E-state index in [1.165, 1.54) is 19.3 Å². The molecule has 1 amide bonds. The van der Waals surface area contributed by atoms with Crippen molar-refractivity contribution >= 4 is 16.9 Å². The molecular weight excluding hydrogens is 476 g/mol. The second-order valence-electron chi connectivity index (χ2n) is 10.3. The molecule has 2 aliphatic rings. The van der Waals surface area contributed by atoms with Crippen LogP contribution in [0.2, 0.25) is 0 Å². The van der Waals surface area contributed by atoms with E-state index in [0.717, 1.165) is 50.7 Å². The van der Waals surface area contributed by atoms with E-state index in [2.05, 4.69) is 10.3 Å². The molecule has 0 aliphatic heterocycles. The maximum atomic E-state index is 14.5. The van der Waals surface area contributed by atoms with E-state index in [-0.39, 0.29) is 18.6 Å². The normalized spacial score (nSPS) is 17.8. The SMILES string of the molecule is COc1ccc(C(C(=O)NC2CCCC2)n2c(COCC3CCCCC3)nc3cc(F)c(F)cc32)cc1. The van der Waals surface area contributed by atoms with Crippen molar-refractivity contribution in [3.8, 4) is 5.75 Å². The summed E-state index contributed by atoms with van der Waals surface area (Å²) in [7, 11) is 1.59. The Kier molecular flexibility index (Phi) is 8.03. The zero-order valence-electron chi connectivity index (χ0n) is 21.3. The first-order valence-electron chi connectivity index (χ1n) is 13.4. The zero-order valence-corrected chi connectivity index (χ0v) is 21.3. The third-order valence-corrected chi connectivity index (χ3v) is 7.75. The average molecular weight is 512 g/mol. The summed E-state index contributed by atoms with van der Waals surface area (Å²) >= 11 is 0. The molecule has 1 aromatic heterocycles. The number of nitrogens with zero attached hydrogens (tertiary/aromatic N) is 2. The standard InChI is InChI=1S/C29H35F2N3O3/c1-36-22-13-11-20(12-14-22)28(29(35)32-21-9-5-6-10-21)34-26-16-24(31)23(30)15-25(26)33-27(34)18-37-17-19-7-3-2-4-8-19/h11-16,19,21,28H,2-10,17-18H2,1H3,(H,32,35). The molecule has 2 fully saturated rings. The number of ether oxygens (including phenoxy) is 2. The number of carbonyl (C=O) groups excluding carboxylic acids is 1. The number of nitrogens with one attached hydrogen (secondary N) is 1. The Morgan fingerprint density at radius 2 is 1.70 bits per heavy atom. The van der Waals surface area contributed by atoms with Gasteiger partial charge in [-0.2, -0.15) is 0 Å². The van der Waals surface area contributed by atoms with E-state index in [1.54, 1.807) is 23.8 Å². The molecule has 37 heavy (non-hydrogen) atoms. The molecule has 0 radical (unpaired) electrons. The van der Waals surface area contributed by atoms with Gasteiger partial charge < -0.3 is 19.4 Å². The molecule has 3 aromatic rings. The predicted molar refractivity (Wildman–Crippen MR) is 137 cm³/mol. The molecule has 1 heterocycles. The van der Waals surface area contributed by atoms with Gasteiger partial charge >= 0.3 is 0 Å². The van der Waals surface area contributed by atoms with E-state index in [1.807, 2.05) is 12.1 Å². The van der Waals surface area contributed by atoms with Gasteiger partial charge in [0.05, 0.1) is 18.1 Å². The Morgan fingerprint density at radius 3 is 2.41 bits per heavy atom. The first kappa shape index (κ1) is 25.6. The van der Waals surface area contributed by atoms with E-state index >= 15 is 0 Å². The summed E-state index contributed by atoms with van der Waals surface area (Å²) in [5.74, 6) is -0.507. The van der Waals surface area contributed by atoms with Crippen LogP contribution in [0.5, 0.6) is 5.75 Å². The highest BCUT2D eigenvalue weighted by atomic mass is 19.2. The van der Waals surface area contributed by atoms with Crippen molar-refractivity contribution in [3.05, 3.63) is 59.4 Å². The van der Waals surface area contributed by atoms with Crippen molar-refractivity contribution in [2.24, 2.45) is 5.92 Å². The van der Waals surface area contributed by atoms with Crippen LogP contribution in [-0.4, -0.2) is 35.2 Å². The monoisotopic (exact) mass is 511 g/mol. The lowest BCUT2D eigenvalue weighted by atomic mass is 9.90. The number of fused-ring (bicyclic) bond motifs is 1. The third-order valence-electron chi connectivity index (χ3n) is 7.75. The first-order valence-corrected chi connectivity index (χ1v) is 13.4. The lowest BCUT2D eigenvalue weighted by Gasteiger charge is -2.25. The fourth-order valence-corrected chi connectivity index (χ4v) is 5.76. The largest absolute Gasteiger partial charge is 0.497 e. The van der Waals surface area contributed by atoms with Gasteiger partial charge in [0.25, 0.3) is 0 Å². The fraction of sp³-hybridized carbons (Fsp3) is 0.517. The Morgan fingerprint density at radius 1 is 1.03 bits per heavy atom. The minimum Gasteiger partial charge on any atom is -0.497 e. The number of carbonyl (C=O) groups is 1. The van der Waals surface area contributed by atoms with Crippen LogP contribution in [0.4, 0.5) is 8.78 Å². The van der Waals surface area contributed by atoms with Crippen LogP contribution >= 0.6 is 0 Å². The molecule has 0 saturated heterocycles. The number of aromatic nitrogens is 2. The van der Waals surface area contributed by atoms with E-state index in [0.29, 0.717) is 40.7 Å². The molecule has 0 bridgehead atoms. The van der Waals surface area contributed by atoms with Crippen molar-refractivity contribution in [3.63, 3.8) is 0 Å².